The topological polar surface area (TPSA) is 214 Å². The molecule has 11 atom stereocenters. The normalized spacial score (nSPS) is 25.3. The fraction of sp³-hybridized carbons (Fsp3) is 0.947. The third kappa shape index (κ3) is 32.0. The van der Waals surface area contributed by atoms with Gasteiger partial charge in [0, 0.05) is 13.0 Å². The fourth-order valence-corrected chi connectivity index (χ4v) is 9.52. The Balaban J connectivity index is 1.67. The molecule has 2 saturated heterocycles. The van der Waals surface area contributed by atoms with Crippen LogP contribution in [-0.4, -0.2) is 142 Å². The van der Waals surface area contributed by atoms with Crippen LogP contribution >= 0.6 is 0 Å². The summed E-state index contributed by atoms with van der Waals surface area (Å²) in [5, 5.41) is 72.3. The Hall–Kier alpha value is -1.27. The molecule has 2 aliphatic rings. The van der Waals surface area contributed by atoms with Crippen molar-refractivity contribution in [1.29, 1.82) is 0 Å². The average molecular weight is 1020 g/mol. The van der Waals surface area contributed by atoms with E-state index in [9.17, 15) is 40.5 Å². The zero-order valence-corrected chi connectivity index (χ0v) is 45.0. The molecule has 14 heteroatoms. The Kier molecular flexibility index (Phi) is 41.7. The number of rotatable bonds is 48. The predicted octanol–water partition coefficient (Wildman–Crippen LogP) is 10.2. The van der Waals surface area contributed by atoms with Gasteiger partial charge >= 0.3 is 5.97 Å². The summed E-state index contributed by atoms with van der Waals surface area (Å²) in [6.45, 7) is 3.70. The third-order valence-electron chi connectivity index (χ3n) is 14.3. The minimum atomic E-state index is -1.70. The van der Waals surface area contributed by atoms with Crippen molar-refractivity contribution < 1.29 is 69.0 Å². The quantitative estimate of drug-likeness (QED) is 0.0172. The van der Waals surface area contributed by atoms with Crippen LogP contribution in [0.3, 0.4) is 0 Å². The van der Waals surface area contributed by atoms with Crippen molar-refractivity contribution >= 4 is 5.97 Å². The minimum Gasteiger partial charge on any atom is -0.457 e. The molecule has 0 aromatic heterocycles. The second kappa shape index (κ2) is 45.0. The van der Waals surface area contributed by atoms with Crippen LogP contribution in [0.4, 0.5) is 0 Å². The van der Waals surface area contributed by atoms with Crippen molar-refractivity contribution in [3.8, 4) is 0 Å². The van der Waals surface area contributed by atoms with Gasteiger partial charge < -0.3 is 64.2 Å². The number of carbonyl (C=O) groups excluding carboxylic acids is 1. The maximum Gasteiger partial charge on any atom is 0.306 e. The predicted molar refractivity (Wildman–Crippen MR) is 280 cm³/mol. The van der Waals surface area contributed by atoms with E-state index in [0.29, 0.717) is 13.0 Å². The molecule has 14 nitrogen and oxygen atoms in total. The van der Waals surface area contributed by atoms with Gasteiger partial charge in [0.2, 0.25) is 0 Å². The van der Waals surface area contributed by atoms with Gasteiger partial charge in [-0.25, -0.2) is 0 Å². The Morgan fingerprint density at radius 1 is 0.451 bits per heavy atom. The molecule has 2 fully saturated rings. The number of hydrogen-bond donors (Lipinski definition) is 7. The second-order valence-electron chi connectivity index (χ2n) is 20.8. The SMILES string of the molecule is CCCCC/C=C\CCCCCCCCOCC(COC1OC(COC2OC(CO)C(O)C(O)C2O)C(O)C(O)C1O)OC(=O)CCCCCCCCCCCCCCCCCCCCCCCCCC. The average Bonchev–Trinajstić information content (AvgIpc) is 3.37. The highest BCUT2D eigenvalue weighted by Crippen LogP contribution is 2.27. The number of ether oxygens (including phenoxy) is 6. The molecule has 0 amide bonds. The molecule has 0 radical (unpaired) electrons. The zero-order chi connectivity index (χ0) is 51.6. The van der Waals surface area contributed by atoms with Crippen molar-refractivity contribution in [2.24, 2.45) is 0 Å². The summed E-state index contributed by atoms with van der Waals surface area (Å²) < 4.78 is 34.4. The smallest absolute Gasteiger partial charge is 0.306 e. The van der Waals surface area contributed by atoms with Crippen LogP contribution in [0.25, 0.3) is 0 Å². The molecule has 7 N–H and O–H groups in total. The van der Waals surface area contributed by atoms with Crippen LogP contribution in [0, 0.1) is 0 Å². The molecule has 2 rings (SSSR count). The van der Waals surface area contributed by atoms with Crippen molar-refractivity contribution in [1.82, 2.24) is 0 Å². The number of aliphatic hydroxyl groups excluding tert-OH is 7. The summed E-state index contributed by atoms with van der Waals surface area (Å²) in [5.74, 6) is -0.372. The maximum atomic E-state index is 13.1. The molecule has 0 aromatic carbocycles. The van der Waals surface area contributed by atoms with E-state index < -0.39 is 80.7 Å². The van der Waals surface area contributed by atoms with E-state index in [-0.39, 0.29) is 25.6 Å². The first-order valence-electron chi connectivity index (χ1n) is 29.3. The van der Waals surface area contributed by atoms with E-state index in [4.69, 9.17) is 28.4 Å². The van der Waals surface area contributed by atoms with Crippen LogP contribution < -0.4 is 0 Å². The summed E-state index contributed by atoms with van der Waals surface area (Å²) >= 11 is 0. The molecule has 71 heavy (non-hydrogen) atoms. The Bertz CT molecular complexity index is 1230. The van der Waals surface area contributed by atoms with E-state index in [1.807, 2.05) is 0 Å². The number of unbranched alkanes of at least 4 members (excludes halogenated alkanes) is 32. The van der Waals surface area contributed by atoms with Gasteiger partial charge in [0.05, 0.1) is 26.4 Å². The molecule has 0 aliphatic carbocycles. The highest BCUT2D eigenvalue weighted by molar-refractivity contribution is 5.69. The summed E-state index contributed by atoms with van der Waals surface area (Å²) in [6.07, 6.45) is 32.8. The number of esters is 1. The Labute approximate surface area is 431 Å². The number of aliphatic hydroxyl groups is 7. The molecule has 11 unspecified atom stereocenters. The third-order valence-corrected chi connectivity index (χ3v) is 14.3. The molecule has 420 valence electrons. The van der Waals surface area contributed by atoms with Crippen molar-refractivity contribution in [3.05, 3.63) is 12.2 Å². The molecule has 0 aromatic rings. The fourth-order valence-electron chi connectivity index (χ4n) is 9.52. The minimum absolute atomic E-state index is 0.0629. The van der Waals surface area contributed by atoms with Crippen molar-refractivity contribution in [2.45, 2.75) is 313 Å². The van der Waals surface area contributed by atoms with Gasteiger partial charge in [-0.2, -0.15) is 0 Å². The molecule has 0 spiro atoms. The zero-order valence-electron chi connectivity index (χ0n) is 45.0. The van der Waals surface area contributed by atoms with E-state index in [1.54, 1.807) is 0 Å². The molecule has 0 bridgehead atoms. The maximum absolute atomic E-state index is 13.1. The lowest BCUT2D eigenvalue weighted by Gasteiger charge is -2.42. The van der Waals surface area contributed by atoms with Crippen LogP contribution in [0.15, 0.2) is 12.2 Å². The molecule has 2 heterocycles. The summed E-state index contributed by atoms with van der Waals surface area (Å²) in [6, 6.07) is 0. The first-order valence-corrected chi connectivity index (χ1v) is 29.3. The van der Waals surface area contributed by atoms with Crippen LogP contribution in [0.1, 0.15) is 245 Å². The summed E-state index contributed by atoms with van der Waals surface area (Å²) in [4.78, 5) is 13.1. The largest absolute Gasteiger partial charge is 0.457 e. The molecular formula is C57H108O14. The van der Waals surface area contributed by atoms with Crippen LogP contribution in [0.5, 0.6) is 0 Å². The van der Waals surface area contributed by atoms with Crippen molar-refractivity contribution in [2.75, 3.05) is 33.0 Å². The lowest BCUT2D eigenvalue weighted by molar-refractivity contribution is -0.332. The molecule has 0 saturated carbocycles. The van der Waals surface area contributed by atoms with Gasteiger partial charge in [-0.1, -0.05) is 212 Å². The first kappa shape index (κ1) is 65.8. The van der Waals surface area contributed by atoms with Crippen molar-refractivity contribution in [3.63, 3.8) is 0 Å². The van der Waals surface area contributed by atoms with E-state index in [0.717, 1.165) is 44.9 Å². The van der Waals surface area contributed by atoms with Gasteiger partial charge in [0.15, 0.2) is 12.6 Å². The lowest BCUT2D eigenvalue weighted by atomic mass is 9.98. The number of carbonyl (C=O) groups is 1. The van der Waals surface area contributed by atoms with Gasteiger partial charge in [0.1, 0.15) is 54.9 Å². The van der Waals surface area contributed by atoms with Crippen LogP contribution in [-0.2, 0) is 33.2 Å². The summed E-state index contributed by atoms with van der Waals surface area (Å²) in [5.41, 5.74) is 0. The number of allylic oxidation sites excluding steroid dienone is 2. The highest BCUT2D eigenvalue weighted by atomic mass is 16.7. The standard InChI is InChI=1S/C57H108O14/c1-3-5-7-9-11-13-15-17-18-19-20-21-22-23-24-25-26-27-28-30-32-34-36-38-40-49(59)69-46(43-66-41-39-37-35-33-31-29-16-14-12-10-8-6-4-2)44-67-56-55(65)53(63)51(61)48(71-56)45-68-57-54(64)52(62)50(60)47(42-58)70-57/h12,14,46-48,50-58,60-65H,3-11,13,15-45H2,1-2H3/b14-12-. The van der Waals surface area contributed by atoms with E-state index in [2.05, 4.69) is 26.0 Å². The number of hydrogen-bond acceptors (Lipinski definition) is 14. The molecular weight excluding hydrogens is 909 g/mol. The van der Waals surface area contributed by atoms with Gasteiger partial charge in [0.25, 0.3) is 0 Å². The van der Waals surface area contributed by atoms with Gasteiger partial charge in [-0.15, -0.1) is 0 Å². The Morgan fingerprint density at radius 3 is 1.31 bits per heavy atom. The summed E-state index contributed by atoms with van der Waals surface area (Å²) in [7, 11) is 0. The first-order chi connectivity index (χ1) is 34.6. The highest BCUT2D eigenvalue weighted by Gasteiger charge is 2.47. The Morgan fingerprint density at radius 2 is 0.831 bits per heavy atom. The van der Waals surface area contributed by atoms with Gasteiger partial charge in [-0.05, 0) is 38.5 Å². The molecule has 2 aliphatic heterocycles. The van der Waals surface area contributed by atoms with Crippen LogP contribution in [0.2, 0.25) is 0 Å². The van der Waals surface area contributed by atoms with Gasteiger partial charge in [-0.3, -0.25) is 4.79 Å². The van der Waals surface area contributed by atoms with E-state index in [1.165, 1.54) is 173 Å². The second-order valence-corrected chi connectivity index (χ2v) is 20.8. The van der Waals surface area contributed by atoms with E-state index >= 15 is 0 Å². The lowest BCUT2D eigenvalue weighted by Crippen LogP contribution is -2.61. The monoisotopic (exact) mass is 1020 g/mol.